The van der Waals surface area contributed by atoms with E-state index in [4.69, 9.17) is 4.42 Å². The molecule has 0 atom stereocenters. The molecular weight excluding hydrogens is 332 g/mol. The van der Waals surface area contributed by atoms with Crippen LogP contribution in [0.2, 0.25) is 0 Å². The minimum atomic E-state index is 0.496. The molecule has 0 fully saturated rings. The molecule has 0 aliphatic carbocycles. The monoisotopic (exact) mass is 376 g/mol. The highest BCUT2D eigenvalue weighted by molar-refractivity contribution is 5.78. The van der Waals surface area contributed by atoms with Gasteiger partial charge in [-0.1, -0.05) is 90.4 Å². The Kier molecular flexibility index (Phi) is 16.3. The van der Waals surface area contributed by atoms with E-state index < -0.39 is 0 Å². The molecule has 0 saturated carbocycles. The van der Waals surface area contributed by atoms with Crippen molar-refractivity contribution >= 4 is 5.78 Å². The van der Waals surface area contributed by atoms with Crippen molar-refractivity contribution in [2.45, 2.75) is 129 Å². The molecule has 1 aromatic rings. The predicted octanol–water partition coefficient (Wildman–Crippen LogP) is 8.43. The SMILES string of the molecule is CCCCCCC(=O)CCCCCCCCCCCCCCc1ccco1. The van der Waals surface area contributed by atoms with Crippen LogP contribution in [0.15, 0.2) is 22.8 Å². The van der Waals surface area contributed by atoms with E-state index in [1.165, 1.54) is 89.9 Å². The number of hydrogen-bond acceptors (Lipinski definition) is 2. The van der Waals surface area contributed by atoms with Gasteiger partial charge in [0.2, 0.25) is 0 Å². The van der Waals surface area contributed by atoms with Gasteiger partial charge in [0.15, 0.2) is 0 Å². The highest BCUT2D eigenvalue weighted by Crippen LogP contribution is 2.14. The third-order valence-corrected chi connectivity index (χ3v) is 5.52. The first-order chi connectivity index (χ1) is 13.3. The van der Waals surface area contributed by atoms with Gasteiger partial charge < -0.3 is 4.42 Å². The molecule has 0 spiro atoms. The fourth-order valence-corrected chi connectivity index (χ4v) is 3.72. The van der Waals surface area contributed by atoms with Crippen LogP contribution in [0, 0.1) is 0 Å². The summed E-state index contributed by atoms with van der Waals surface area (Å²) in [5.41, 5.74) is 0. The van der Waals surface area contributed by atoms with Gasteiger partial charge in [0.1, 0.15) is 11.5 Å². The van der Waals surface area contributed by atoms with Gasteiger partial charge in [-0.05, 0) is 31.4 Å². The molecule has 0 radical (unpaired) electrons. The maximum atomic E-state index is 11.8. The zero-order valence-corrected chi connectivity index (χ0v) is 18.0. The summed E-state index contributed by atoms with van der Waals surface area (Å²) in [6.07, 6.45) is 25.3. The Morgan fingerprint density at radius 1 is 0.704 bits per heavy atom. The average Bonchev–Trinajstić information content (AvgIpc) is 3.19. The van der Waals surface area contributed by atoms with Gasteiger partial charge in [-0.25, -0.2) is 0 Å². The Morgan fingerprint density at radius 3 is 1.67 bits per heavy atom. The highest BCUT2D eigenvalue weighted by atomic mass is 16.3. The van der Waals surface area contributed by atoms with Crippen LogP contribution >= 0.6 is 0 Å². The van der Waals surface area contributed by atoms with E-state index in [-0.39, 0.29) is 0 Å². The second-order valence-corrected chi connectivity index (χ2v) is 8.17. The van der Waals surface area contributed by atoms with Crippen LogP contribution in [-0.2, 0) is 11.2 Å². The summed E-state index contributed by atoms with van der Waals surface area (Å²) in [5, 5.41) is 0. The van der Waals surface area contributed by atoms with Gasteiger partial charge in [-0.2, -0.15) is 0 Å². The molecule has 0 aliphatic rings. The lowest BCUT2D eigenvalue weighted by Gasteiger charge is -2.03. The number of carbonyl (C=O) groups is 1. The van der Waals surface area contributed by atoms with E-state index in [9.17, 15) is 4.79 Å². The summed E-state index contributed by atoms with van der Waals surface area (Å²) in [7, 11) is 0. The molecule has 0 aromatic carbocycles. The fourth-order valence-electron chi connectivity index (χ4n) is 3.72. The van der Waals surface area contributed by atoms with Gasteiger partial charge in [-0.15, -0.1) is 0 Å². The van der Waals surface area contributed by atoms with E-state index in [1.54, 1.807) is 6.26 Å². The Bertz CT molecular complexity index is 422. The van der Waals surface area contributed by atoms with Crippen molar-refractivity contribution in [3.8, 4) is 0 Å². The fraction of sp³-hybridized carbons (Fsp3) is 0.800. The quantitative estimate of drug-likeness (QED) is 0.214. The number of rotatable bonds is 20. The molecule has 1 aromatic heterocycles. The van der Waals surface area contributed by atoms with Gasteiger partial charge in [-0.3, -0.25) is 4.79 Å². The molecule has 0 unspecified atom stereocenters. The molecule has 1 rings (SSSR count). The standard InChI is InChI=1S/C25H44O2/c1-2-3-4-15-19-24(26)20-16-13-11-9-7-5-6-8-10-12-14-17-21-25-22-18-23-27-25/h18,22-23H,2-17,19-21H2,1H3. The van der Waals surface area contributed by atoms with E-state index in [2.05, 4.69) is 13.0 Å². The number of aryl methyl sites for hydroxylation is 1. The largest absolute Gasteiger partial charge is 0.469 e. The molecule has 0 bridgehead atoms. The number of Topliss-reactive ketones (excluding diaryl/α,β-unsaturated/α-hetero) is 1. The minimum Gasteiger partial charge on any atom is -0.469 e. The van der Waals surface area contributed by atoms with Gasteiger partial charge >= 0.3 is 0 Å². The van der Waals surface area contributed by atoms with Crippen molar-refractivity contribution < 1.29 is 9.21 Å². The summed E-state index contributed by atoms with van der Waals surface area (Å²) in [6.45, 7) is 2.22. The summed E-state index contributed by atoms with van der Waals surface area (Å²) in [4.78, 5) is 11.8. The van der Waals surface area contributed by atoms with Gasteiger partial charge in [0.25, 0.3) is 0 Å². The molecule has 156 valence electrons. The van der Waals surface area contributed by atoms with Crippen LogP contribution in [0.25, 0.3) is 0 Å². The van der Waals surface area contributed by atoms with E-state index in [0.29, 0.717) is 5.78 Å². The number of ketones is 1. The second-order valence-electron chi connectivity index (χ2n) is 8.17. The summed E-state index contributed by atoms with van der Waals surface area (Å²) in [5.74, 6) is 1.63. The smallest absolute Gasteiger partial charge is 0.132 e. The summed E-state index contributed by atoms with van der Waals surface area (Å²) >= 11 is 0. The normalized spacial score (nSPS) is 11.1. The number of unbranched alkanes of at least 4 members (excludes halogenated alkanes) is 14. The van der Waals surface area contributed by atoms with Crippen LogP contribution in [0.3, 0.4) is 0 Å². The second kappa shape index (κ2) is 18.3. The first kappa shape index (κ1) is 24.0. The lowest BCUT2D eigenvalue weighted by molar-refractivity contribution is -0.119. The lowest BCUT2D eigenvalue weighted by atomic mass is 10.0. The van der Waals surface area contributed by atoms with Gasteiger partial charge in [0, 0.05) is 19.3 Å². The maximum absolute atomic E-state index is 11.8. The Labute approximate surface area is 168 Å². The molecule has 2 nitrogen and oxygen atoms in total. The van der Waals surface area contributed by atoms with Crippen molar-refractivity contribution in [3.05, 3.63) is 24.2 Å². The first-order valence-corrected chi connectivity index (χ1v) is 11.9. The molecule has 1 heterocycles. The van der Waals surface area contributed by atoms with Crippen LogP contribution in [0.1, 0.15) is 128 Å². The van der Waals surface area contributed by atoms with E-state index in [0.717, 1.165) is 37.9 Å². The Morgan fingerprint density at radius 2 is 1.19 bits per heavy atom. The van der Waals surface area contributed by atoms with Crippen molar-refractivity contribution in [1.29, 1.82) is 0 Å². The van der Waals surface area contributed by atoms with Gasteiger partial charge in [0.05, 0.1) is 6.26 Å². The topological polar surface area (TPSA) is 30.2 Å². The third kappa shape index (κ3) is 15.7. The zero-order chi connectivity index (χ0) is 19.4. The first-order valence-electron chi connectivity index (χ1n) is 11.9. The molecule has 0 amide bonds. The maximum Gasteiger partial charge on any atom is 0.132 e. The van der Waals surface area contributed by atoms with Crippen LogP contribution in [0.5, 0.6) is 0 Å². The molecule has 2 heteroatoms. The lowest BCUT2D eigenvalue weighted by Crippen LogP contribution is -1.97. The molecule has 0 saturated heterocycles. The molecular formula is C25H44O2. The van der Waals surface area contributed by atoms with Crippen LogP contribution in [-0.4, -0.2) is 5.78 Å². The van der Waals surface area contributed by atoms with Crippen molar-refractivity contribution in [2.75, 3.05) is 0 Å². The minimum absolute atomic E-state index is 0.496. The van der Waals surface area contributed by atoms with Crippen molar-refractivity contribution in [2.24, 2.45) is 0 Å². The average molecular weight is 377 g/mol. The van der Waals surface area contributed by atoms with Crippen molar-refractivity contribution in [3.63, 3.8) is 0 Å². The predicted molar refractivity (Wildman–Crippen MR) is 116 cm³/mol. The number of furan rings is 1. The Balaban J connectivity index is 1.71. The number of carbonyl (C=O) groups excluding carboxylic acids is 1. The molecule has 0 aliphatic heterocycles. The Hall–Kier alpha value is -1.05. The molecule has 0 N–H and O–H groups in total. The zero-order valence-electron chi connectivity index (χ0n) is 18.0. The summed E-state index contributed by atoms with van der Waals surface area (Å²) < 4.78 is 5.36. The third-order valence-electron chi connectivity index (χ3n) is 5.52. The highest BCUT2D eigenvalue weighted by Gasteiger charge is 2.01. The molecule has 27 heavy (non-hydrogen) atoms. The van der Waals surface area contributed by atoms with Crippen LogP contribution in [0.4, 0.5) is 0 Å². The van der Waals surface area contributed by atoms with E-state index in [1.807, 2.05) is 6.07 Å². The van der Waals surface area contributed by atoms with Crippen molar-refractivity contribution in [1.82, 2.24) is 0 Å². The number of hydrogen-bond donors (Lipinski definition) is 0. The van der Waals surface area contributed by atoms with E-state index >= 15 is 0 Å². The van der Waals surface area contributed by atoms with Crippen LogP contribution < -0.4 is 0 Å². The summed E-state index contributed by atoms with van der Waals surface area (Å²) in [6, 6.07) is 4.05.